The Balaban J connectivity index is 1.77. The molecule has 0 aromatic heterocycles. The number of carbonyl (C=O) groups excluding carboxylic acids is 1. The van der Waals surface area contributed by atoms with Crippen LogP contribution in [0.4, 0.5) is 14.5 Å². The van der Waals surface area contributed by atoms with Gasteiger partial charge >= 0.3 is 0 Å². The van der Waals surface area contributed by atoms with Crippen LogP contribution < -0.4 is 5.01 Å². The Bertz CT molecular complexity index is 1150. The number of fused-ring (bicyclic) bond motifs is 1. The summed E-state index contributed by atoms with van der Waals surface area (Å²) < 4.78 is 53.9. The molecule has 2 aromatic carbocycles. The van der Waals surface area contributed by atoms with Crippen molar-refractivity contribution in [2.75, 3.05) is 18.1 Å². The lowest BCUT2D eigenvalue weighted by atomic mass is 9.99. The predicted octanol–water partition coefficient (Wildman–Crippen LogP) is 3.64. The van der Waals surface area contributed by atoms with Crippen LogP contribution in [0, 0.1) is 24.5 Å². The van der Waals surface area contributed by atoms with Gasteiger partial charge in [-0.15, -0.1) is 0 Å². The molecule has 4 rings (SSSR count). The van der Waals surface area contributed by atoms with Gasteiger partial charge < -0.3 is 4.90 Å². The van der Waals surface area contributed by atoms with Crippen molar-refractivity contribution >= 4 is 26.5 Å². The van der Waals surface area contributed by atoms with E-state index in [-0.39, 0.29) is 22.7 Å². The van der Waals surface area contributed by atoms with E-state index in [4.69, 9.17) is 0 Å². The molecule has 31 heavy (non-hydrogen) atoms. The van der Waals surface area contributed by atoms with Crippen LogP contribution in [-0.2, 0) is 21.2 Å². The van der Waals surface area contributed by atoms with Crippen LogP contribution >= 0.6 is 0 Å². The lowest BCUT2D eigenvalue weighted by molar-refractivity contribution is -0.125. The largest absolute Gasteiger partial charge is 0.337 e. The summed E-state index contributed by atoms with van der Waals surface area (Å²) in [5, 5.41) is 4.96. The van der Waals surface area contributed by atoms with Crippen LogP contribution in [0.1, 0.15) is 30.9 Å². The molecular weight excluding hydrogens is 424 g/mol. The Morgan fingerprint density at radius 2 is 1.74 bits per heavy atom. The summed E-state index contributed by atoms with van der Waals surface area (Å²) in [4.78, 5) is 14.6. The van der Waals surface area contributed by atoms with E-state index in [2.05, 4.69) is 12.0 Å². The number of hydrogen-bond donors (Lipinski definition) is 0. The summed E-state index contributed by atoms with van der Waals surface area (Å²) in [6.45, 7) is 4.73. The molecule has 2 aliphatic rings. The molecule has 164 valence electrons. The number of piperidine rings is 1. The predicted molar refractivity (Wildman–Crippen MR) is 113 cm³/mol. The second-order valence-electron chi connectivity index (χ2n) is 8.19. The molecule has 2 aliphatic heterocycles. The molecule has 0 spiro atoms. The van der Waals surface area contributed by atoms with Crippen LogP contribution in [0.25, 0.3) is 0 Å². The summed E-state index contributed by atoms with van der Waals surface area (Å²) in [5.74, 6) is -1.66. The van der Waals surface area contributed by atoms with E-state index in [9.17, 15) is 22.0 Å². The molecule has 0 saturated carbocycles. The Morgan fingerprint density at radius 3 is 2.39 bits per heavy atom. The summed E-state index contributed by atoms with van der Waals surface area (Å²) in [6.07, 6.45) is 1.59. The fourth-order valence-electron chi connectivity index (χ4n) is 3.88. The van der Waals surface area contributed by atoms with Gasteiger partial charge in [0.2, 0.25) is 14.9 Å². The SMILES string of the molecule is Cc1ccc2c(c1)N(Cc1cc(F)cc(F)c1)N=C(C(=O)N1CCC(C)CC1)S2(=O)=O. The van der Waals surface area contributed by atoms with E-state index in [0.29, 0.717) is 19.0 Å². The first kappa shape index (κ1) is 21.4. The van der Waals surface area contributed by atoms with Crippen molar-refractivity contribution in [2.24, 2.45) is 11.0 Å². The summed E-state index contributed by atoms with van der Waals surface area (Å²) in [7, 11) is -4.13. The summed E-state index contributed by atoms with van der Waals surface area (Å²) >= 11 is 0. The van der Waals surface area contributed by atoms with E-state index < -0.39 is 32.4 Å². The van der Waals surface area contributed by atoms with Gasteiger partial charge in [0.1, 0.15) is 11.6 Å². The molecule has 2 aromatic rings. The zero-order chi connectivity index (χ0) is 22.3. The number of anilines is 1. The number of aryl methyl sites for hydroxylation is 1. The highest BCUT2D eigenvalue weighted by molar-refractivity contribution is 8.08. The summed E-state index contributed by atoms with van der Waals surface area (Å²) in [5.41, 5.74) is 1.33. The van der Waals surface area contributed by atoms with Crippen molar-refractivity contribution in [2.45, 2.75) is 38.1 Å². The number of hydrogen-bond acceptors (Lipinski definition) is 5. The molecule has 0 bridgehead atoms. The fraction of sp³-hybridized carbons (Fsp3) is 0.364. The van der Waals surface area contributed by atoms with Gasteiger partial charge in [0, 0.05) is 19.2 Å². The van der Waals surface area contributed by atoms with Gasteiger partial charge in [0.15, 0.2) is 0 Å². The minimum Gasteiger partial charge on any atom is -0.337 e. The zero-order valence-corrected chi connectivity index (χ0v) is 18.1. The van der Waals surface area contributed by atoms with Crippen LogP contribution in [0.3, 0.4) is 0 Å². The van der Waals surface area contributed by atoms with Gasteiger partial charge in [-0.1, -0.05) is 13.0 Å². The van der Waals surface area contributed by atoms with Crippen molar-refractivity contribution in [3.05, 3.63) is 59.2 Å². The number of amides is 1. The Kier molecular flexibility index (Phi) is 5.55. The second-order valence-corrected chi connectivity index (χ2v) is 10.0. The molecule has 1 saturated heterocycles. The normalized spacial score (nSPS) is 18.5. The van der Waals surface area contributed by atoms with Gasteiger partial charge in [-0.3, -0.25) is 9.80 Å². The lowest BCUT2D eigenvalue weighted by Crippen LogP contribution is -2.46. The van der Waals surface area contributed by atoms with Crippen molar-refractivity contribution < 1.29 is 22.0 Å². The van der Waals surface area contributed by atoms with Crippen LogP contribution in [0.15, 0.2) is 46.4 Å². The highest BCUT2D eigenvalue weighted by Gasteiger charge is 2.40. The minimum absolute atomic E-state index is 0.0429. The van der Waals surface area contributed by atoms with E-state index >= 15 is 0 Å². The van der Waals surface area contributed by atoms with E-state index in [1.807, 2.05) is 0 Å². The van der Waals surface area contributed by atoms with Crippen molar-refractivity contribution in [1.82, 2.24) is 4.90 Å². The molecule has 1 amide bonds. The maximum absolute atomic E-state index is 13.7. The van der Waals surface area contributed by atoms with Crippen molar-refractivity contribution in [3.8, 4) is 0 Å². The smallest absolute Gasteiger partial charge is 0.286 e. The molecule has 0 atom stereocenters. The minimum atomic E-state index is -4.13. The number of likely N-dealkylation sites (tertiary alicyclic amines) is 1. The lowest BCUT2D eigenvalue weighted by Gasteiger charge is -2.33. The third-order valence-corrected chi connectivity index (χ3v) is 7.35. The molecule has 0 N–H and O–H groups in total. The average molecular weight is 448 g/mol. The highest BCUT2D eigenvalue weighted by atomic mass is 32.2. The first-order valence-electron chi connectivity index (χ1n) is 10.1. The topological polar surface area (TPSA) is 70.1 Å². The molecule has 9 heteroatoms. The number of sulfone groups is 1. The van der Waals surface area contributed by atoms with Crippen molar-refractivity contribution in [3.63, 3.8) is 0 Å². The number of rotatable bonds is 3. The maximum Gasteiger partial charge on any atom is 0.286 e. The van der Waals surface area contributed by atoms with Gasteiger partial charge in [0.05, 0.1) is 17.1 Å². The van der Waals surface area contributed by atoms with Crippen LogP contribution in [0.5, 0.6) is 0 Å². The molecule has 0 aliphatic carbocycles. The molecule has 1 fully saturated rings. The van der Waals surface area contributed by atoms with Gasteiger partial charge in [-0.25, -0.2) is 17.2 Å². The average Bonchev–Trinajstić information content (AvgIpc) is 2.69. The van der Waals surface area contributed by atoms with Crippen molar-refractivity contribution in [1.29, 1.82) is 0 Å². The Labute approximate surface area is 180 Å². The summed E-state index contributed by atoms with van der Waals surface area (Å²) in [6, 6.07) is 7.80. The Hall–Kier alpha value is -2.81. The first-order valence-corrected chi connectivity index (χ1v) is 11.6. The molecular formula is C22H23F2N3O3S. The van der Waals surface area contributed by atoms with Crippen LogP contribution in [-0.4, -0.2) is 37.4 Å². The number of benzene rings is 2. The van der Waals surface area contributed by atoms with E-state index in [0.717, 1.165) is 36.6 Å². The highest BCUT2D eigenvalue weighted by Crippen LogP contribution is 2.34. The molecule has 0 unspecified atom stereocenters. The maximum atomic E-state index is 13.7. The standard InChI is InChI=1S/C22H23F2N3O3S/c1-14-5-7-26(8-6-14)22(28)21-25-27(13-16-10-17(23)12-18(24)11-16)19-9-15(2)3-4-20(19)31(21,29)30/h3-4,9-12,14H,5-8,13H2,1-2H3. The van der Waals surface area contributed by atoms with Gasteiger partial charge in [0.25, 0.3) is 5.91 Å². The number of halogens is 2. The second kappa shape index (κ2) is 8.03. The molecule has 0 radical (unpaired) electrons. The molecule has 6 nitrogen and oxygen atoms in total. The Morgan fingerprint density at radius 1 is 1.10 bits per heavy atom. The third-order valence-electron chi connectivity index (χ3n) is 5.66. The quantitative estimate of drug-likeness (QED) is 0.720. The fourth-order valence-corrected chi connectivity index (χ4v) is 5.34. The van der Waals surface area contributed by atoms with E-state index in [1.54, 1.807) is 19.1 Å². The van der Waals surface area contributed by atoms with Crippen LogP contribution in [0.2, 0.25) is 0 Å². The first-order chi connectivity index (χ1) is 14.6. The molecule has 2 heterocycles. The zero-order valence-electron chi connectivity index (χ0n) is 17.3. The number of hydrazone groups is 1. The monoisotopic (exact) mass is 447 g/mol. The van der Waals surface area contributed by atoms with Gasteiger partial charge in [-0.2, -0.15) is 5.10 Å². The number of carbonyl (C=O) groups is 1. The van der Waals surface area contributed by atoms with E-state index in [1.165, 1.54) is 16.0 Å². The number of nitrogens with zero attached hydrogens (tertiary/aromatic N) is 3. The van der Waals surface area contributed by atoms with Gasteiger partial charge in [-0.05, 0) is 61.1 Å². The third kappa shape index (κ3) is 4.19.